The molecule has 0 fully saturated rings. The van der Waals surface area contributed by atoms with Crippen molar-refractivity contribution in [1.29, 1.82) is 0 Å². The van der Waals surface area contributed by atoms with Crippen LogP contribution in [0.3, 0.4) is 0 Å². The van der Waals surface area contributed by atoms with Gasteiger partial charge in [0.25, 0.3) is 5.91 Å². The molecule has 0 saturated heterocycles. The maximum Gasteiger partial charge on any atom is 0.251 e. The summed E-state index contributed by atoms with van der Waals surface area (Å²) in [5.41, 5.74) is 1.37. The average Bonchev–Trinajstić information content (AvgIpc) is 2.59. The lowest BCUT2D eigenvalue weighted by Crippen LogP contribution is -2.23. The predicted octanol–water partition coefficient (Wildman–Crippen LogP) is 2.37. The summed E-state index contributed by atoms with van der Waals surface area (Å²) >= 11 is 0. The van der Waals surface area contributed by atoms with E-state index in [4.69, 9.17) is 9.47 Å². The molecule has 1 amide bonds. The van der Waals surface area contributed by atoms with Crippen LogP contribution < -0.4 is 14.8 Å². The second kappa shape index (κ2) is 7.78. The summed E-state index contributed by atoms with van der Waals surface area (Å²) in [6.45, 7) is 0.341. The maximum atomic E-state index is 12.2. The van der Waals surface area contributed by atoms with Crippen LogP contribution in [-0.4, -0.2) is 30.6 Å². The van der Waals surface area contributed by atoms with Crippen molar-refractivity contribution in [3.8, 4) is 11.5 Å². The van der Waals surface area contributed by atoms with Crippen molar-refractivity contribution in [1.82, 2.24) is 5.32 Å². The molecule has 1 N–H and O–H groups in total. The molecule has 0 radical (unpaired) electrons. The van der Waals surface area contributed by atoms with Crippen LogP contribution in [0.4, 0.5) is 0 Å². The molecular weight excluding hydrogens is 314 g/mol. The van der Waals surface area contributed by atoms with Gasteiger partial charge >= 0.3 is 0 Å². The van der Waals surface area contributed by atoms with Gasteiger partial charge in [0.2, 0.25) is 0 Å². The first kappa shape index (κ1) is 17.0. The Morgan fingerprint density at radius 2 is 1.78 bits per heavy atom. The third-order valence-electron chi connectivity index (χ3n) is 3.38. The van der Waals surface area contributed by atoms with Crippen LogP contribution >= 0.6 is 0 Å². The molecule has 2 aromatic rings. The molecule has 0 aliphatic rings. The zero-order chi connectivity index (χ0) is 16.8. The van der Waals surface area contributed by atoms with Crippen molar-refractivity contribution in [3.63, 3.8) is 0 Å². The minimum atomic E-state index is -1.05. The van der Waals surface area contributed by atoms with Crippen LogP contribution in [0.25, 0.3) is 0 Å². The van der Waals surface area contributed by atoms with Gasteiger partial charge in [-0.05, 0) is 36.4 Å². The summed E-state index contributed by atoms with van der Waals surface area (Å²) in [5.74, 6) is 1.15. The number of amides is 1. The Labute approximate surface area is 138 Å². The van der Waals surface area contributed by atoms with Gasteiger partial charge in [0, 0.05) is 45.7 Å². The van der Waals surface area contributed by atoms with E-state index in [1.807, 2.05) is 12.1 Å². The number of nitrogens with one attached hydrogen (secondary N) is 1. The predicted molar refractivity (Wildman–Crippen MR) is 89.5 cm³/mol. The summed E-state index contributed by atoms with van der Waals surface area (Å²) < 4.78 is 21.8. The van der Waals surface area contributed by atoms with Crippen LogP contribution in [0.1, 0.15) is 15.9 Å². The molecule has 6 heteroatoms. The number of hydrogen-bond donors (Lipinski definition) is 1. The largest absolute Gasteiger partial charge is 0.497 e. The third kappa shape index (κ3) is 4.32. The van der Waals surface area contributed by atoms with E-state index in [1.165, 1.54) is 0 Å². The van der Waals surface area contributed by atoms with Gasteiger partial charge in [-0.25, -0.2) is 0 Å². The molecule has 0 bridgehead atoms. The Morgan fingerprint density at radius 3 is 2.35 bits per heavy atom. The highest BCUT2D eigenvalue weighted by atomic mass is 32.2. The second-order valence-electron chi connectivity index (χ2n) is 4.84. The second-order valence-corrected chi connectivity index (χ2v) is 6.22. The number of hydrogen-bond acceptors (Lipinski definition) is 4. The highest BCUT2D eigenvalue weighted by Gasteiger charge is 2.09. The van der Waals surface area contributed by atoms with Crippen molar-refractivity contribution in [2.24, 2.45) is 0 Å². The normalized spacial score (nSPS) is 11.6. The average molecular weight is 333 g/mol. The minimum absolute atomic E-state index is 0.198. The summed E-state index contributed by atoms with van der Waals surface area (Å²) in [5, 5.41) is 2.84. The van der Waals surface area contributed by atoms with Gasteiger partial charge in [0.15, 0.2) is 0 Å². The van der Waals surface area contributed by atoms with E-state index < -0.39 is 10.8 Å². The van der Waals surface area contributed by atoms with Gasteiger partial charge in [0.1, 0.15) is 11.5 Å². The van der Waals surface area contributed by atoms with Crippen molar-refractivity contribution in [2.45, 2.75) is 11.4 Å². The molecule has 0 saturated carbocycles. The van der Waals surface area contributed by atoms with E-state index in [1.54, 1.807) is 50.8 Å². The van der Waals surface area contributed by atoms with Crippen molar-refractivity contribution < 1.29 is 18.5 Å². The number of methoxy groups -OCH3 is 2. The molecule has 0 heterocycles. The lowest BCUT2D eigenvalue weighted by atomic mass is 10.1. The summed E-state index contributed by atoms with van der Waals surface area (Å²) in [4.78, 5) is 12.9. The Hall–Kier alpha value is -2.34. The quantitative estimate of drug-likeness (QED) is 0.881. The Morgan fingerprint density at radius 1 is 1.09 bits per heavy atom. The summed E-state index contributed by atoms with van der Waals surface area (Å²) in [7, 11) is 2.11. The highest BCUT2D eigenvalue weighted by molar-refractivity contribution is 7.84. The monoisotopic (exact) mass is 333 g/mol. The molecule has 0 spiro atoms. The molecule has 0 aliphatic carbocycles. The molecule has 122 valence electrons. The van der Waals surface area contributed by atoms with E-state index in [0.29, 0.717) is 28.5 Å². The molecule has 2 rings (SSSR count). The summed E-state index contributed by atoms with van der Waals surface area (Å²) in [6.07, 6.45) is 1.60. The molecule has 0 aromatic heterocycles. The maximum absolute atomic E-state index is 12.2. The zero-order valence-corrected chi connectivity index (χ0v) is 14.1. The fraction of sp³-hybridized carbons (Fsp3) is 0.235. The number of carbonyl (C=O) groups excluding carboxylic acids is 1. The van der Waals surface area contributed by atoms with Gasteiger partial charge in [-0.15, -0.1) is 0 Å². The van der Waals surface area contributed by atoms with Crippen LogP contribution in [-0.2, 0) is 17.3 Å². The Balaban J connectivity index is 2.05. The van der Waals surface area contributed by atoms with E-state index in [9.17, 15) is 9.00 Å². The lowest BCUT2D eigenvalue weighted by Gasteiger charge is -2.11. The number of ether oxygens (including phenoxy) is 2. The number of benzene rings is 2. The van der Waals surface area contributed by atoms with Gasteiger partial charge in [0.05, 0.1) is 14.2 Å². The first-order valence-corrected chi connectivity index (χ1v) is 8.53. The van der Waals surface area contributed by atoms with Crippen LogP contribution in [0, 0.1) is 0 Å². The van der Waals surface area contributed by atoms with Crippen LogP contribution in [0.5, 0.6) is 11.5 Å². The molecule has 1 atom stereocenters. The Kier molecular flexibility index (Phi) is 5.76. The highest BCUT2D eigenvalue weighted by Crippen LogP contribution is 2.24. The lowest BCUT2D eigenvalue weighted by molar-refractivity contribution is 0.0950. The molecular formula is C17H19NO4S. The van der Waals surface area contributed by atoms with Crippen molar-refractivity contribution in [3.05, 3.63) is 53.6 Å². The van der Waals surface area contributed by atoms with Gasteiger partial charge in [-0.2, -0.15) is 0 Å². The molecule has 0 aliphatic heterocycles. The topological polar surface area (TPSA) is 64.6 Å². The molecule has 2 aromatic carbocycles. The number of carbonyl (C=O) groups is 1. The molecule has 1 unspecified atom stereocenters. The van der Waals surface area contributed by atoms with Crippen LogP contribution in [0.2, 0.25) is 0 Å². The van der Waals surface area contributed by atoms with Gasteiger partial charge in [-0.3, -0.25) is 9.00 Å². The number of rotatable bonds is 6. The first-order chi connectivity index (χ1) is 11.0. The van der Waals surface area contributed by atoms with E-state index >= 15 is 0 Å². The first-order valence-electron chi connectivity index (χ1n) is 6.97. The van der Waals surface area contributed by atoms with Crippen molar-refractivity contribution in [2.75, 3.05) is 20.5 Å². The fourth-order valence-electron chi connectivity index (χ4n) is 2.07. The SMILES string of the molecule is COc1ccc(CNC(=O)c2ccc(S(C)=O)cc2)c(OC)c1. The van der Waals surface area contributed by atoms with E-state index in [2.05, 4.69) is 5.32 Å². The Bertz CT molecular complexity index is 713. The smallest absolute Gasteiger partial charge is 0.251 e. The van der Waals surface area contributed by atoms with E-state index in [0.717, 1.165) is 5.56 Å². The standard InChI is InChI=1S/C17H19NO4S/c1-21-14-7-4-13(16(10-14)22-2)11-18-17(19)12-5-8-15(9-6-12)23(3)20/h4-10H,11H2,1-3H3,(H,18,19). The van der Waals surface area contributed by atoms with Crippen molar-refractivity contribution >= 4 is 16.7 Å². The third-order valence-corrected chi connectivity index (χ3v) is 4.32. The van der Waals surface area contributed by atoms with Gasteiger partial charge in [-0.1, -0.05) is 0 Å². The molecule has 5 nitrogen and oxygen atoms in total. The van der Waals surface area contributed by atoms with Gasteiger partial charge < -0.3 is 14.8 Å². The molecule has 23 heavy (non-hydrogen) atoms. The van der Waals surface area contributed by atoms with Crippen LogP contribution in [0.15, 0.2) is 47.4 Å². The zero-order valence-electron chi connectivity index (χ0n) is 13.3. The minimum Gasteiger partial charge on any atom is -0.497 e. The fourth-order valence-corrected chi connectivity index (χ4v) is 2.59. The van der Waals surface area contributed by atoms with E-state index in [-0.39, 0.29) is 5.91 Å². The summed E-state index contributed by atoms with van der Waals surface area (Å²) in [6, 6.07) is 12.1.